The largest absolute Gasteiger partial charge is 0.294 e. The maximum atomic E-state index is 12.6. The SMILES string of the molecule is CCCCCCC(=O)c1ccc2c(c1)sc1c3ccc(CCC[C@@H](C)CC)cc3sc21. The number of thiophene rings is 2. The molecule has 3 heteroatoms. The molecule has 0 bridgehead atoms. The number of hydrogen-bond donors (Lipinski definition) is 0. The molecular formula is C28H34OS2. The average molecular weight is 451 g/mol. The van der Waals surface area contributed by atoms with Crippen molar-refractivity contribution in [2.24, 2.45) is 5.92 Å². The lowest BCUT2D eigenvalue weighted by Gasteiger charge is -2.07. The molecule has 0 spiro atoms. The minimum atomic E-state index is 0.293. The van der Waals surface area contributed by atoms with Gasteiger partial charge in [0.25, 0.3) is 0 Å². The van der Waals surface area contributed by atoms with Crippen LogP contribution in [0.5, 0.6) is 0 Å². The molecule has 1 nitrogen and oxygen atoms in total. The van der Waals surface area contributed by atoms with E-state index in [4.69, 9.17) is 0 Å². The van der Waals surface area contributed by atoms with E-state index in [-0.39, 0.29) is 0 Å². The number of Topliss-reactive ketones (excluding diaryl/α,β-unsaturated/α-hetero) is 1. The Morgan fingerprint density at radius 2 is 1.58 bits per heavy atom. The first kappa shape index (κ1) is 22.5. The van der Waals surface area contributed by atoms with Gasteiger partial charge >= 0.3 is 0 Å². The quantitative estimate of drug-likeness (QED) is 0.164. The van der Waals surface area contributed by atoms with E-state index in [0.717, 1.165) is 24.3 Å². The summed E-state index contributed by atoms with van der Waals surface area (Å²) in [5.41, 5.74) is 2.34. The second-order valence-electron chi connectivity index (χ2n) is 9.04. The number of hydrogen-bond acceptors (Lipinski definition) is 3. The Labute approximate surface area is 194 Å². The zero-order valence-electron chi connectivity index (χ0n) is 19.1. The van der Waals surface area contributed by atoms with E-state index in [0.29, 0.717) is 12.2 Å². The van der Waals surface area contributed by atoms with Crippen molar-refractivity contribution >= 4 is 58.0 Å². The summed E-state index contributed by atoms with van der Waals surface area (Å²) in [6, 6.07) is 13.4. The highest BCUT2D eigenvalue weighted by Gasteiger charge is 2.14. The lowest BCUT2D eigenvalue weighted by atomic mass is 9.99. The molecule has 1 atom stereocenters. The number of carbonyl (C=O) groups excluding carboxylic acids is 1. The molecule has 2 heterocycles. The van der Waals surface area contributed by atoms with Crippen molar-refractivity contribution in [3.8, 4) is 0 Å². The molecule has 0 fully saturated rings. The Balaban J connectivity index is 1.54. The first-order chi connectivity index (χ1) is 15.1. The van der Waals surface area contributed by atoms with Crippen LogP contribution in [-0.4, -0.2) is 5.78 Å². The summed E-state index contributed by atoms with van der Waals surface area (Å²) in [6.07, 6.45) is 10.3. The smallest absolute Gasteiger partial charge is 0.162 e. The van der Waals surface area contributed by atoms with Crippen molar-refractivity contribution in [2.45, 2.75) is 78.6 Å². The lowest BCUT2D eigenvalue weighted by Crippen LogP contribution is -1.98. The van der Waals surface area contributed by atoms with E-state index < -0.39 is 0 Å². The van der Waals surface area contributed by atoms with Crippen LogP contribution in [0, 0.1) is 5.92 Å². The summed E-state index contributed by atoms with van der Waals surface area (Å²) in [6.45, 7) is 6.84. The molecule has 164 valence electrons. The molecule has 2 aromatic heterocycles. The minimum absolute atomic E-state index is 0.293. The van der Waals surface area contributed by atoms with Crippen LogP contribution in [0.2, 0.25) is 0 Å². The van der Waals surface area contributed by atoms with E-state index in [1.165, 1.54) is 73.7 Å². The second-order valence-corrected chi connectivity index (χ2v) is 11.1. The van der Waals surface area contributed by atoms with Gasteiger partial charge in [0.1, 0.15) is 0 Å². The molecule has 0 radical (unpaired) electrons. The Bertz CT molecular complexity index is 1180. The van der Waals surface area contributed by atoms with Crippen molar-refractivity contribution in [2.75, 3.05) is 0 Å². The Morgan fingerprint density at radius 1 is 0.871 bits per heavy atom. The van der Waals surface area contributed by atoms with E-state index in [9.17, 15) is 4.79 Å². The van der Waals surface area contributed by atoms with Crippen LogP contribution in [0.25, 0.3) is 29.6 Å². The van der Waals surface area contributed by atoms with Crippen LogP contribution in [0.4, 0.5) is 0 Å². The Kier molecular flexibility index (Phi) is 7.45. The molecule has 0 unspecified atom stereocenters. The predicted molar refractivity (Wildman–Crippen MR) is 140 cm³/mol. The van der Waals surface area contributed by atoms with Gasteiger partial charge in [-0.05, 0) is 42.9 Å². The maximum Gasteiger partial charge on any atom is 0.162 e. The summed E-state index contributed by atoms with van der Waals surface area (Å²) in [4.78, 5) is 12.6. The van der Waals surface area contributed by atoms with Crippen molar-refractivity contribution in [3.63, 3.8) is 0 Å². The van der Waals surface area contributed by atoms with Crippen LogP contribution < -0.4 is 0 Å². The monoisotopic (exact) mass is 450 g/mol. The summed E-state index contributed by atoms with van der Waals surface area (Å²) >= 11 is 3.77. The number of benzene rings is 2. The van der Waals surface area contributed by atoms with Gasteiger partial charge in [-0.2, -0.15) is 0 Å². The lowest BCUT2D eigenvalue weighted by molar-refractivity contribution is 0.0979. The zero-order valence-corrected chi connectivity index (χ0v) is 20.8. The average Bonchev–Trinajstić information content (AvgIpc) is 3.31. The van der Waals surface area contributed by atoms with Gasteiger partial charge in [0.2, 0.25) is 0 Å². The number of unbranched alkanes of at least 4 members (excludes halogenated alkanes) is 3. The fourth-order valence-electron chi connectivity index (χ4n) is 4.34. The van der Waals surface area contributed by atoms with Gasteiger partial charge in [-0.1, -0.05) is 77.1 Å². The predicted octanol–water partition coefficient (Wildman–Crippen LogP) is 9.79. The van der Waals surface area contributed by atoms with Crippen molar-refractivity contribution in [1.29, 1.82) is 0 Å². The molecule has 0 aliphatic heterocycles. The number of carbonyl (C=O) groups is 1. The van der Waals surface area contributed by atoms with Crippen LogP contribution in [-0.2, 0) is 6.42 Å². The topological polar surface area (TPSA) is 17.1 Å². The van der Waals surface area contributed by atoms with E-state index in [2.05, 4.69) is 51.1 Å². The van der Waals surface area contributed by atoms with Gasteiger partial charge in [0, 0.05) is 32.2 Å². The van der Waals surface area contributed by atoms with Crippen LogP contribution in [0.1, 0.15) is 88.1 Å². The summed E-state index contributed by atoms with van der Waals surface area (Å²) in [7, 11) is 0. The van der Waals surface area contributed by atoms with E-state index >= 15 is 0 Å². The third kappa shape index (κ3) is 5.04. The first-order valence-corrected chi connectivity index (χ1v) is 13.6. The third-order valence-corrected chi connectivity index (χ3v) is 9.09. The van der Waals surface area contributed by atoms with Crippen molar-refractivity contribution in [3.05, 3.63) is 47.5 Å². The molecule has 0 saturated heterocycles. The molecule has 0 amide bonds. The van der Waals surface area contributed by atoms with Gasteiger partial charge in [-0.15, -0.1) is 22.7 Å². The Hall–Kier alpha value is -1.71. The zero-order chi connectivity index (χ0) is 21.8. The van der Waals surface area contributed by atoms with Gasteiger partial charge in [0.15, 0.2) is 5.78 Å². The standard InChI is InChI=1S/C28H34OS2/c1-4-6-7-8-12-24(29)21-14-16-23-26(18-21)31-27-22-15-13-20(11-9-10-19(3)5-2)17-25(22)30-28(23)27/h13-19H,4-12H2,1-3H3/t19-/m0/s1. The van der Waals surface area contributed by atoms with E-state index in [1.54, 1.807) is 0 Å². The van der Waals surface area contributed by atoms with Gasteiger partial charge < -0.3 is 0 Å². The highest BCUT2D eigenvalue weighted by molar-refractivity contribution is 7.36. The van der Waals surface area contributed by atoms with Crippen LogP contribution >= 0.6 is 22.7 Å². The molecule has 0 saturated carbocycles. The minimum Gasteiger partial charge on any atom is -0.294 e. The first-order valence-electron chi connectivity index (χ1n) is 12.0. The van der Waals surface area contributed by atoms with Gasteiger partial charge in [-0.25, -0.2) is 0 Å². The molecule has 4 aromatic rings. The normalized spacial score (nSPS) is 12.9. The van der Waals surface area contributed by atoms with Crippen molar-refractivity contribution < 1.29 is 4.79 Å². The second kappa shape index (κ2) is 10.3. The fourth-order valence-corrected chi connectivity index (χ4v) is 7.10. The number of rotatable bonds is 11. The molecular weight excluding hydrogens is 416 g/mol. The molecule has 2 aromatic carbocycles. The number of fused-ring (bicyclic) bond motifs is 5. The molecule has 31 heavy (non-hydrogen) atoms. The highest BCUT2D eigenvalue weighted by atomic mass is 32.1. The molecule has 0 N–H and O–H groups in total. The third-order valence-electron chi connectivity index (χ3n) is 6.59. The van der Waals surface area contributed by atoms with Crippen molar-refractivity contribution in [1.82, 2.24) is 0 Å². The summed E-state index contributed by atoms with van der Waals surface area (Å²) in [5.74, 6) is 1.12. The van der Waals surface area contributed by atoms with Gasteiger partial charge in [0.05, 0.1) is 9.40 Å². The molecule has 0 aliphatic rings. The molecule has 4 rings (SSSR count). The van der Waals surface area contributed by atoms with Crippen LogP contribution in [0.3, 0.4) is 0 Å². The molecule has 0 aliphatic carbocycles. The van der Waals surface area contributed by atoms with Crippen LogP contribution in [0.15, 0.2) is 36.4 Å². The summed E-state index contributed by atoms with van der Waals surface area (Å²) < 4.78 is 5.42. The number of ketones is 1. The maximum absolute atomic E-state index is 12.6. The highest BCUT2D eigenvalue weighted by Crippen LogP contribution is 2.44. The summed E-state index contributed by atoms with van der Waals surface area (Å²) in [5, 5.41) is 2.68. The van der Waals surface area contributed by atoms with E-state index in [1.807, 2.05) is 28.7 Å². The van der Waals surface area contributed by atoms with Gasteiger partial charge in [-0.3, -0.25) is 4.79 Å². The fraction of sp³-hybridized carbons (Fsp3) is 0.464. The Morgan fingerprint density at radius 3 is 2.29 bits per heavy atom. The number of aryl methyl sites for hydroxylation is 1.